The van der Waals surface area contributed by atoms with Crippen LogP contribution in [-0.2, 0) is 23.2 Å². The molecule has 1 N–H and O–H groups in total. The maximum atomic E-state index is 13.2. The summed E-state index contributed by atoms with van der Waals surface area (Å²) < 4.78 is 3.48. The Kier molecular flexibility index (Phi) is 7.12. The number of ketones is 1. The molecule has 0 aliphatic carbocycles. The Bertz CT molecular complexity index is 1670. The second-order valence-corrected chi connectivity index (χ2v) is 10.5. The molecule has 2 atom stereocenters. The first kappa shape index (κ1) is 26.4. The second-order valence-electron chi connectivity index (χ2n) is 9.61. The van der Waals surface area contributed by atoms with Crippen LogP contribution in [0.15, 0.2) is 33.7 Å². The fourth-order valence-electron chi connectivity index (χ4n) is 4.64. The zero-order valence-electron chi connectivity index (χ0n) is 22.1. The van der Waals surface area contributed by atoms with Crippen LogP contribution in [0.3, 0.4) is 0 Å². The fraction of sp³-hybridized carbons (Fsp3) is 0.440. The van der Waals surface area contributed by atoms with Gasteiger partial charge in [0, 0.05) is 49.4 Å². The van der Waals surface area contributed by atoms with E-state index < -0.39 is 23.2 Å². The second kappa shape index (κ2) is 10.5. The Morgan fingerprint density at radius 1 is 1.21 bits per heavy atom. The number of rotatable bonds is 8. The molecule has 5 heterocycles. The van der Waals surface area contributed by atoms with Gasteiger partial charge >= 0.3 is 5.69 Å². The lowest BCUT2D eigenvalue weighted by Gasteiger charge is -2.20. The van der Waals surface area contributed by atoms with Crippen LogP contribution in [0.4, 0.5) is 11.8 Å². The van der Waals surface area contributed by atoms with Gasteiger partial charge in [-0.05, 0) is 26.7 Å². The van der Waals surface area contributed by atoms with Gasteiger partial charge in [0.05, 0.1) is 12.9 Å². The van der Waals surface area contributed by atoms with Crippen molar-refractivity contribution in [3.63, 3.8) is 0 Å². The van der Waals surface area contributed by atoms with Crippen molar-refractivity contribution in [3.05, 3.63) is 44.9 Å². The third kappa shape index (κ3) is 4.87. The molecule has 0 spiro atoms. The summed E-state index contributed by atoms with van der Waals surface area (Å²) in [7, 11) is 1.47. The zero-order chi connectivity index (χ0) is 27.8. The number of amides is 1. The Balaban J connectivity index is 1.36. The van der Waals surface area contributed by atoms with E-state index in [0.29, 0.717) is 22.8 Å². The van der Waals surface area contributed by atoms with Crippen LogP contribution in [0.25, 0.3) is 21.7 Å². The van der Waals surface area contributed by atoms with Crippen molar-refractivity contribution in [1.29, 1.82) is 0 Å². The van der Waals surface area contributed by atoms with Crippen LogP contribution >= 0.6 is 11.3 Å². The summed E-state index contributed by atoms with van der Waals surface area (Å²) in [4.78, 5) is 70.9. The van der Waals surface area contributed by atoms with Crippen LogP contribution in [0.1, 0.15) is 46.1 Å². The van der Waals surface area contributed by atoms with Gasteiger partial charge in [0.1, 0.15) is 16.9 Å². The van der Waals surface area contributed by atoms with E-state index >= 15 is 0 Å². The van der Waals surface area contributed by atoms with Crippen LogP contribution in [0.2, 0.25) is 0 Å². The van der Waals surface area contributed by atoms with Crippen molar-refractivity contribution in [1.82, 2.24) is 33.6 Å². The summed E-state index contributed by atoms with van der Waals surface area (Å²) in [5.74, 6) is 0.373. The third-order valence-corrected chi connectivity index (χ3v) is 7.93. The predicted molar refractivity (Wildman–Crippen MR) is 147 cm³/mol. The van der Waals surface area contributed by atoms with Gasteiger partial charge in [-0.15, -0.1) is 11.3 Å². The number of carbonyl (C=O) groups is 2. The van der Waals surface area contributed by atoms with Gasteiger partial charge in [-0.2, -0.15) is 0 Å². The van der Waals surface area contributed by atoms with Crippen molar-refractivity contribution < 1.29 is 9.59 Å². The van der Waals surface area contributed by atoms with Gasteiger partial charge in [-0.25, -0.2) is 24.7 Å². The van der Waals surface area contributed by atoms with Gasteiger partial charge in [-0.1, -0.05) is 6.92 Å². The van der Waals surface area contributed by atoms with E-state index in [9.17, 15) is 19.2 Å². The molecule has 0 aromatic carbocycles. The van der Waals surface area contributed by atoms with Crippen LogP contribution in [-0.4, -0.2) is 57.9 Å². The largest absolute Gasteiger partial charge is 0.338 e. The number of thiazole rings is 1. The molecule has 204 valence electrons. The van der Waals surface area contributed by atoms with E-state index in [1.54, 1.807) is 31.6 Å². The Hall–Kier alpha value is -4.20. The van der Waals surface area contributed by atoms with E-state index in [-0.39, 0.29) is 29.9 Å². The molecule has 1 aliphatic rings. The standard InChI is InChI=1S/C25H29N9O4S/c1-5-17(35)11-33-23(37)19-20(31(4)25(33)38)28-13-34(19)15(3)21(36)29-18-12-39-22(30-18)16-9-26-24(27-10-16)32-8-6-7-14(32)2/h9-10,12-15H,5-8,11H2,1-4H3,(H,29,36)/t14-,15+/m1/s1. The molecule has 13 nitrogen and oxygen atoms in total. The van der Waals surface area contributed by atoms with Gasteiger partial charge in [0.2, 0.25) is 11.9 Å². The Morgan fingerprint density at radius 2 is 1.95 bits per heavy atom. The molecule has 39 heavy (non-hydrogen) atoms. The first-order valence-corrected chi connectivity index (χ1v) is 13.6. The normalized spacial score (nSPS) is 16.1. The highest BCUT2D eigenvalue weighted by atomic mass is 32.1. The minimum atomic E-state index is -0.856. The number of aryl methyl sites for hydroxylation is 1. The third-order valence-electron chi connectivity index (χ3n) is 7.03. The first-order chi connectivity index (χ1) is 18.7. The topological polar surface area (TPSA) is 150 Å². The van der Waals surface area contributed by atoms with Gasteiger partial charge < -0.3 is 14.8 Å². The Labute approximate surface area is 227 Å². The molecule has 14 heteroatoms. The average molecular weight is 552 g/mol. The number of hydrogen-bond donors (Lipinski definition) is 1. The number of nitrogens with one attached hydrogen (secondary N) is 1. The predicted octanol–water partition coefficient (Wildman–Crippen LogP) is 1.98. The number of nitrogens with zero attached hydrogens (tertiary/aromatic N) is 8. The Morgan fingerprint density at radius 3 is 2.62 bits per heavy atom. The van der Waals surface area contributed by atoms with Crippen LogP contribution in [0.5, 0.6) is 0 Å². The SMILES string of the molecule is CCC(=O)Cn1c(=O)c2c(ncn2[C@@H](C)C(=O)Nc2csc(-c3cnc(N4CCC[C@H]4C)nc3)n2)n(C)c1=O. The number of imidazole rings is 1. The maximum Gasteiger partial charge on any atom is 0.332 e. The van der Waals surface area contributed by atoms with Gasteiger partial charge in [0.25, 0.3) is 5.56 Å². The minimum absolute atomic E-state index is 0.0622. The van der Waals surface area contributed by atoms with Crippen molar-refractivity contribution in [3.8, 4) is 10.6 Å². The molecule has 0 saturated carbocycles. The summed E-state index contributed by atoms with van der Waals surface area (Å²) in [5.41, 5.74) is -0.374. The van der Waals surface area contributed by atoms with E-state index in [0.717, 1.165) is 29.5 Å². The molecule has 0 bridgehead atoms. The molecule has 1 amide bonds. The van der Waals surface area contributed by atoms with Crippen molar-refractivity contribution in [2.75, 3.05) is 16.8 Å². The number of hydrogen-bond acceptors (Lipinski definition) is 10. The lowest BCUT2D eigenvalue weighted by Crippen LogP contribution is -2.41. The van der Waals surface area contributed by atoms with Gasteiger partial charge in [0.15, 0.2) is 16.9 Å². The zero-order valence-corrected chi connectivity index (χ0v) is 22.9. The van der Waals surface area contributed by atoms with Crippen LogP contribution in [0, 0.1) is 0 Å². The van der Waals surface area contributed by atoms with E-state index in [1.807, 2.05) is 0 Å². The number of aromatic nitrogens is 7. The average Bonchev–Trinajstić information content (AvgIpc) is 3.69. The molecule has 4 aromatic rings. The van der Waals surface area contributed by atoms with Crippen molar-refractivity contribution in [2.45, 2.75) is 58.7 Å². The molecule has 4 aromatic heterocycles. The highest BCUT2D eigenvalue weighted by Crippen LogP contribution is 2.28. The highest BCUT2D eigenvalue weighted by molar-refractivity contribution is 7.13. The van der Waals surface area contributed by atoms with Crippen molar-refractivity contribution in [2.24, 2.45) is 7.05 Å². The molecular formula is C25H29N9O4S. The molecule has 1 saturated heterocycles. The fourth-order valence-corrected chi connectivity index (χ4v) is 5.37. The van der Waals surface area contributed by atoms with Crippen molar-refractivity contribution >= 4 is 46.0 Å². The monoisotopic (exact) mass is 551 g/mol. The molecular weight excluding hydrogens is 522 g/mol. The van der Waals surface area contributed by atoms with Gasteiger partial charge in [-0.3, -0.25) is 23.5 Å². The van der Waals surface area contributed by atoms with E-state index in [4.69, 9.17) is 0 Å². The first-order valence-electron chi connectivity index (χ1n) is 12.7. The lowest BCUT2D eigenvalue weighted by molar-refractivity contribution is -0.120. The number of carbonyl (C=O) groups excluding carboxylic acids is 2. The summed E-state index contributed by atoms with van der Waals surface area (Å²) in [6, 6.07) is -0.440. The molecule has 5 rings (SSSR count). The lowest BCUT2D eigenvalue weighted by atomic mass is 10.2. The summed E-state index contributed by atoms with van der Waals surface area (Å²) in [5, 5.41) is 5.16. The molecule has 1 aliphatic heterocycles. The number of anilines is 2. The molecule has 0 radical (unpaired) electrons. The van der Waals surface area contributed by atoms with E-state index in [2.05, 4.69) is 37.1 Å². The molecule has 1 fully saturated rings. The summed E-state index contributed by atoms with van der Waals surface area (Å²) >= 11 is 1.35. The minimum Gasteiger partial charge on any atom is -0.338 e. The summed E-state index contributed by atoms with van der Waals surface area (Å²) in [6.45, 7) is 6.04. The summed E-state index contributed by atoms with van der Waals surface area (Å²) in [6.07, 6.45) is 7.25. The van der Waals surface area contributed by atoms with E-state index in [1.165, 1.54) is 33.8 Å². The number of Topliss-reactive ketones (excluding diaryl/α,β-unsaturated/α-hetero) is 1. The maximum absolute atomic E-state index is 13.2. The highest BCUT2D eigenvalue weighted by Gasteiger charge is 2.25. The quantitative estimate of drug-likeness (QED) is 0.347. The van der Waals surface area contributed by atoms with Crippen LogP contribution < -0.4 is 21.5 Å². The smallest absolute Gasteiger partial charge is 0.332 e. The number of fused-ring (bicyclic) bond motifs is 1. The molecule has 0 unspecified atom stereocenters.